The molecule has 0 bridgehead atoms. The van der Waals surface area contributed by atoms with Crippen LogP contribution in [0.3, 0.4) is 0 Å². The molecule has 0 saturated carbocycles. The number of thiazole rings is 1. The first kappa shape index (κ1) is 18.2. The van der Waals surface area contributed by atoms with Gasteiger partial charge in [-0.2, -0.15) is 0 Å². The van der Waals surface area contributed by atoms with E-state index in [0.717, 1.165) is 16.5 Å². The Labute approximate surface area is 165 Å². The zero-order valence-electron chi connectivity index (χ0n) is 15.2. The Kier molecular flexibility index (Phi) is 5.08. The Morgan fingerprint density at radius 1 is 1.29 bits per heavy atom. The first-order valence-corrected chi connectivity index (χ1v) is 9.66. The standard InChI is InChI=1S/C21H18FN3O2S/c1-27-19-8-6-13(10-16(19)22)18-12-28-21(24-18)25-20(26)9-7-14-11-23-17-5-3-2-4-15(14)17/h2-6,8,10-12,23H,7,9H2,1H3,(H,24,25,26). The maximum absolute atomic E-state index is 13.9. The third-order valence-electron chi connectivity index (χ3n) is 4.49. The van der Waals surface area contributed by atoms with Crippen molar-refractivity contribution in [3.8, 4) is 17.0 Å². The molecule has 0 aliphatic rings. The lowest BCUT2D eigenvalue weighted by Gasteiger charge is -2.03. The third-order valence-corrected chi connectivity index (χ3v) is 5.25. The van der Waals surface area contributed by atoms with Crippen molar-refractivity contribution in [1.29, 1.82) is 0 Å². The number of nitrogens with zero attached hydrogens (tertiary/aromatic N) is 1. The van der Waals surface area contributed by atoms with Crippen molar-refractivity contribution < 1.29 is 13.9 Å². The van der Waals surface area contributed by atoms with E-state index in [0.29, 0.717) is 29.2 Å². The van der Waals surface area contributed by atoms with Crippen molar-refractivity contribution in [3.63, 3.8) is 0 Å². The van der Waals surface area contributed by atoms with E-state index in [2.05, 4.69) is 15.3 Å². The zero-order chi connectivity index (χ0) is 19.5. The van der Waals surface area contributed by atoms with Crippen LogP contribution in [0.5, 0.6) is 5.75 Å². The van der Waals surface area contributed by atoms with Gasteiger partial charge >= 0.3 is 0 Å². The molecule has 0 unspecified atom stereocenters. The monoisotopic (exact) mass is 395 g/mol. The minimum atomic E-state index is -0.447. The largest absolute Gasteiger partial charge is 0.494 e. The molecule has 5 nitrogen and oxygen atoms in total. The molecule has 0 aliphatic heterocycles. The number of fused-ring (bicyclic) bond motifs is 1. The number of ether oxygens (including phenoxy) is 1. The van der Waals surface area contributed by atoms with Gasteiger partial charge in [-0.25, -0.2) is 9.37 Å². The van der Waals surface area contributed by atoms with Gasteiger partial charge in [-0.3, -0.25) is 4.79 Å². The normalized spacial score (nSPS) is 10.9. The summed E-state index contributed by atoms with van der Waals surface area (Å²) in [5.74, 6) is -0.366. The molecule has 0 spiro atoms. The van der Waals surface area contributed by atoms with Crippen LogP contribution in [0.4, 0.5) is 9.52 Å². The molecule has 2 heterocycles. The fraction of sp³-hybridized carbons (Fsp3) is 0.143. The molecule has 7 heteroatoms. The molecule has 2 aromatic heterocycles. The summed E-state index contributed by atoms with van der Waals surface area (Å²) in [6, 6.07) is 12.7. The Bertz CT molecular complexity index is 1140. The van der Waals surface area contributed by atoms with E-state index in [-0.39, 0.29) is 11.7 Å². The number of aromatic amines is 1. The quantitative estimate of drug-likeness (QED) is 0.482. The molecule has 0 fully saturated rings. The summed E-state index contributed by atoms with van der Waals surface area (Å²) >= 11 is 1.31. The molecule has 0 saturated heterocycles. The van der Waals surface area contributed by atoms with E-state index in [1.807, 2.05) is 30.5 Å². The number of rotatable bonds is 6. The highest BCUT2D eigenvalue weighted by molar-refractivity contribution is 7.14. The summed E-state index contributed by atoms with van der Waals surface area (Å²) in [4.78, 5) is 19.9. The van der Waals surface area contributed by atoms with Crippen LogP contribution in [0.25, 0.3) is 22.2 Å². The van der Waals surface area contributed by atoms with E-state index in [1.165, 1.54) is 24.5 Å². The second-order valence-corrected chi connectivity index (χ2v) is 7.15. The molecule has 4 aromatic rings. The van der Waals surface area contributed by atoms with Crippen LogP contribution in [0.1, 0.15) is 12.0 Å². The fourth-order valence-electron chi connectivity index (χ4n) is 3.06. The Balaban J connectivity index is 1.39. The maximum Gasteiger partial charge on any atom is 0.226 e. The number of carbonyl (C=O) groups excluding carboxylic acids is 1. The Morgan fingerprint density at radius 3 is 2.96 bits per heavy atom. The minimum Gasteiger partial charge on any atom is -0.494 e. The topological polar surface area (TPSA) is 67.0 Å². The summed E-state index contributed by atoms with van der Waals surface area (Å²) < 4.78 is 18.8. The lowest BCUT2D eigenvalue weighted by molar-refractivity contribution is -0.116. The molecule has 2 aromatic carbocycles. The maximum atomic E-state index is 13.9. The van der Waals surface area contributed by atoms with E-state index in [4.69, 9.17) is 4.74 Å². The highest BCUT2D eigenvalue weighted by atomic mass is 32.1. The van der Waals surface area contributed by atoms with Gasteiger partial charge in [-0.15, -0.1) is 11.3 Å². The Morgan fingerprint density at radius 2 is 2.14 bits per heavy atom. The predicted molar refractivity (Wildman–Crippen MR) is 109 cm³/mol. The van der Waals surface area contributed by atoms with E-state index < -0.39 is 5.82 Å². The molecular weight excluding hydrogens is 377 g/mol. The van der Waals surface area contributed by atoms with Gasteiger partial charge in [-0.1, -0.05) is 18.2 Å². The van der Waals surface area contributed by atoms with Crippen molar-refractivity contribution in [2.75, 3.05) is 12.4 Å². The molecule has 2 N–H and O–H groups in total. The molecule has 0 aliphatic carbocycles. The van der Waals surface area contributed by atoms with Crippen LogP contribution in [-0.4, -0.2) is 23.0 Å². The highest BCUT2D eigenvalue weighted by Crippen LogP contribution is 2.28. The van der Waals surface area contributed by atoms with Crippen LogP contribution in [0.15, 0.2) is 54.0 Å². The van der Waals surface area contributed by atoms with Crippen LogP contribution in [-0.2, 0) is 11.2 Å². The van der Waals surface area contributed by atoms with Crippen LogP contribution in [0, 0.1) is 5.82 Å². The number of aromatic nitrogens is 2. The first-order chi connectivity index (χ1) is 13.6. The number of benzene rings is 2. The van der Waals surface area contributed by atoms with E-state index in [1.54, 1.807) is 17.5 Å². The minimum absolute atomic E-state index is 0.105. The lowest BCUT2D eigenvalue weighted by atomic mass is 10.1. The van der Waals surface area contributed by atoms with Gasteiger partial charge in [0.25, 0.3) is 0 Å². The summed E-state index contributed by atoms with van der Waals surface area (Å²) in [6.45, 7) is 0. The summed E-state index contributed by atoms with van der Waals surface area (Å²) in [5, 5.41) is 6.24. The van der Waals surface area contributed by atoms with Gasteiger partial charge in [0.2, 0.25) is 5.91 Å². The number of para-hydroxylation sites is 1. The average molecular weight is 395 g/mol. The van der Waals surface area contributed by atoms with E-state index in [9.17, 15) is 9.18 Å². The van der Waals surface area contributed by atoms with E-state index >= 15 is 0 Å². The molecule has 142 valence electrons. The number of anilines is 1. The van der Waals surface area contributed by atoms with Gasteiger partial charge in [-0.05, 0) is 36.2 Å². The van der Waals surface area contributed by atoms with Gasteiger partial charge in [0, 0.05) is 34.5 Å². The van der Waals surface area contributed by atoms with Gasteiger partial charge in [0.1, 0.15) is 0 Å². The molecule has 0 radical (unpaired) electrons. The number of H-pyrrole nitrogens is 1. The zero-order valence-corrected chi connectivity index (χ0v) is 16.0. The van der Waals surface area contributed by atoms with Crippen molar-refractivity contribution in [1.82, 2.24) is 9.97 Å². The third kappa shape index (κ3) is 3.75. The molecule has 28 heavy (non-hydrogen) atoms. The van der Waals surface area contributed by atoms with Crippen molar-refractivity contribution >= 4 is 33.3 Å². The number of hydrogen-bond acceptors (Lipinski definition) is 4. The smallest absolute Gasteiger partial charge is 0.226 e. The lowest BCUT2D eigenvalue weighted by Crippen LogP contribution is -2.12. The number of carbonyl (C=O) groups is 1. The van der Waals surface area contributed by atoms with Crippen molar-refractivity contribution in [3.05, 3.63) is 65.4 Å². The van der Waals surface area contributed by atoms with Gasteiger partial charge < -0.3 is 15.0 Å². The van der Waals surface area contributed by atoms with Crippen LogP contribution < -0.4 is 10.1 Å². The molecule has 1 amide bonds. The summed E-state index contributed by atoms with van der Waals surface area (Å²) in [6.07, 6.45) is 2.93. The number of aryl methyl sites for hydroxylation is 1. The number of methoxy groups -OCH3 is 1. The van der Waals surface area contributed by atoms with Gasteiger partial charge in [0.05, 0.1) is 12.8 Å². The SMILES string of the molecule is COc1ccc(-c2csc(NC(=O)CCc3c[nH]c4ccccc34)n2)cc1F. The number of halogens is 1. The van der Waals surface area contributed by atoms with Gasteiger partial charge in [0.15, 0.2) is 16.7 Å². The number of amides is 1. The average Bonchev–Trinajstić information content (AvgIpc) is 3.33. The second kappa shape index (κ2) is 7.82. The predicted octanol–water partition coefficient (Wildman–Crippen LogP) is 5.01. The summed E-state index contributed by atoms with van der Waals surface area (Å²) in [5.41, 5.74) is 3.42. The number of hydrogen-bond donors (Lipinski definition) is 2. The molecule has 0 atom stereocenters. The van der Waals surface area contributed by atoms with Crippen LogP contribution in [0.2, 0.25) is 0 Å². The number of nitrogens with one attached hydrogen (secondary N) is 2. The fourth-order valence-corrected chi connectivity index (χ4v) is 3.79. The molecule has 4 rings (SSSR count). The molecular formula is C21H18FN3O2S. The van der Waals surface area contributed by atoms with Crippen molar-refractivity contribution in [2.45, 2.75) is 12.8 Å². The first-order valence-electron chi connectivity index (χ1n) is 8.78. The summed E-state index contributed by atoms with van der Waals surface area (Å²) in [7, 11) is 1.42. The second-order valence-electron chi connectivity index (χ2n) is 6.29. The van der Waals surface area contributed by atoms with Crippen LogP contribution >= 0.6 is 11.3 Å². The Hall–Kier alpha value is -3.19. The van der Waals surface area contributed by atoms with Crippen molar-refractivity contribution in [2.24, 2.45) is 0 Å². The highest BCUT2D eigenvalue weighted by Gasteiger charge is 2.11.